The monoisotopic (exact) mass is 288 g/mol. The van der Waals surface area contributed by atoms with Gasteiger partial charge in [0.2, 0.25) is 5.76 Å². The van der Waals surface area contributed by atoms with Gasteiger partial charge in [0.25, 0.3) is 5.91 Å². The zero-order chi connectivity index (χ0) is 15.4. The number of aryl methyl sites for hydroxylation is 2. The molecular formula is C15H13FN2O3. The Labute approximate surface area is 120 Å². The highest BCUT2D eigenvalue weighted by atomic mass is 19.1. The first-order valence-corrected chi connectivity index (χ1v) is 6.16. The quantitative estimate of drug-likeness (QED) is 0.829. The molecule has 6 heteroatoms. The molecule has 5 nitrogen and oxygen atoms in total. The van der Waals surface area contributed by atoms with Crippen LogP contribution < -0.4 is 5.32 Å². The van der Waals surface area contributed by atoms with Crippen LogP contribution >= 0.6 is 0 Å². The third kappa shape index (κ3) is 3.46. The highest BCUT2D eigenvalue weighted by molar-refractivity contribution is 6.03. The Bertz CT molecular complexity index is 741. The van der Waals surface area contributed by atoms with Crippen LogP contribution in [-0.2, 0) is 0 Å². The summed E-state index contributed by atoms with van der Waals surface area (Å²) in [6.45, 7) is 2.94. The number of nitrogens with zero attached hydrogens (tertiary/aromatic N) is 1. The van der Waals surface area contributed by atoms with Crippen LogP contribution in [0.1, 0.15) is 27.7 Å². The lowest BCUT2D eigenvalue weighted by atomic mass is 10.2. The van der Waals surface area contributed by atoms with Crippen LogP contribution in [0.4, 0.5) is 10.1 Å². The number of benzene rings is 1. The predicted molar refractivity (Wildman–Crippen MR) is 74.3 cm³/mol. The Hall–Kier alpha value is -2.65. The number of hydrogen-bond donors (Lipinski definition) is 2. The van der Waals surface area contributed by atoms with Gasteiger partial charge in [-0.25, -0.2) is 9.37 Å². The summed E-state index contributed by atoms with van der Waals surface area (Å²) in [5, 5.41) is 11.2. The number of aromatic nitrogens is 1. The summed E-state index contributed by atoms with van der Waals surface area (Å²) in [4.78, 5) is 16.1. The van der Waals surface area contributed by atoms with E-state index in [1.165, 1.54) is 18.2 Å². The van der Waals surface area contributed by atoms with Crippen molar-refractivity contribution < 1.29 is 18.7 Å². The number of carbonyl (C=O) groups is 1. The zero-order valence-corrected chi connectivity index (χ0v) is 11.5. The van der Waals surface area contributed by atoms with Gasteiger partial charge in [0.15, 0.2) is 5.89 Å². The summed E-state index contributed by atoms with van der Waals surface area (Å²) >= 11 is 0. The number of halogens is 1. The van der Waals surface area contributed by atoms with E-state index in [9.17, 15) is 9.18 Å². The van der Waals surface area contributed by atoms with Crippen LogP contribution in [0.25, 0.3) is 0 Å². The van der Waals surface area contributed by atoms with Crippen LogP contribution in [-0.4, -0.2) is 22.6 Å². The van der Waals surface area contributed by atoms with Crippen molar-refractivity contribution in [3.8, 4) is 11.8 Å². The predicted octanol–water partition coefficient (Wildman–Crippen LogP) is 2.03. The molecule has 2 rings (SSSR count). The highest BCUT2D eigenvalue weighted by Crippen LogP contribution is 2.16. The second kappa shape index (κ2) is 6.20. The fourth-order valence-electron chi connectivity index (χ4n) is 1.76. The average Bonchev–Trinajstić information content (AvgIpc) is 2.78. The van der Waals surface area contributed by atoms with E-state index in [1.807, 2.05) is 0 Å². The third-order valence-electron chi connectivity index (χ3n) is 2.64. The van der Waals surface area contributed by atoms with Crippen molar-refractivity contribution in [2.45, 2.75) is 13.8 Å². The molecule has 0 atom stereocenters. The van der Waals surface area contributed by atoms with Gasteiger partial charge in [-0.05, 0) is 25.1 Å². The van der Waals surface area contributed by atoms with Gasteiger partial charge in [-0.2, -0.15) is 0 Å². The number of hydrogen-bond acceptors (Lipinski definition) is 4. The van der Waals surface area contributed by atoms with Gasteiger partial charge >= 0.3 is 0 Å². The molecule has 1 aromatic heterocycles. The van der Waals surface area contributed by atoms with Crippen LogP contribution in [0, 0.1) is 31.5 Å². The zero-order valence-electron chi connectivity index (χ0n) is 11.5. The molecule has 0 saturated carbocycles. The van der Waals surface area contributed by atoms with Gasteiger partial charge in [-0.1, -0.05) is 11.8 Å². The Morgan fingerprint density at radius 3 is 2.86 bits per heavy atom. The standard InChI is InChI=1S/C15H13FN2O3/c1-9-14(21-10(2)17-9)15(20)18-12-5-6-13(16)11(8-12)4-3-7-19/h5-6,8,19H,7H2,1-2H3,(H,18,20). The van der Waals surface area contributed by atoms with Crippen LogP contribution in [0.15, 0.2) is 22.6 Å². The molecule has 0 aliphatic carbocycles. The molecule has 0 spiro atoms. The van der Waals surface area contributed by atoms with Crippen molar-refractivity contribution in [2.75, 3.05) is 11.9 Å². The maximum atomic E-state index is 13.5. The van der Waals surface area contributed by atoms with Gasteiger partial charge in [0.05, 0.1) is 11.3 Å². The number of aliphatic hydroxyl groups excluding tert-OH is 1. The van der Waals surface area contributed by atoms with E-state index in [1.54, 1.807) is 13.8 Å². The first kappa shape index (κ1) is 14.8. The van der Waals surface area contributed by atoms with E-state index in [0.29, 0.717) is 17.3 Å². The Kier molecular flexibility index (Phi) is 4.36. The van der Waals surface area contributed by atoms with Crippen LogP contribution in [0.2, 0.25) is 0 Å². The molecule has 1 aromatic carbocycles. The van der Waals surface area contributed by atoms with E-state index in [2.05, 4.69) is 22.1 Å². The minimum Gasteiger partial charge on any atom is -0.436 e. The van der Waals surface area contributed by atoms with Gasteiger partial charge in [-0.3, -0.25) is 4.79 Å². The molecule has 0 radical (unpaired) electrons. The van der Waals surface area contributed by atoms with E-state index in [4.69, 9.17) is 9.52 Å². The number of aliphatic hydroxyl groups is 1. The minimum absolute atomic E-state index is 0.0901. The molecule has 108 valence electrons. The maximum Gasteiger partial charge on any atom is 0.293 e. The molecule has 21 heavy (non-hydrogen) atoms. The summed E-state index contributed by atoms with van der Waals surface area (Å²) in [5.74, 6) is 4.33. The lowest BCUT2D eigenvalue weighted by Crippen LogP contribution is -2.12. The van der Waals surface area contributed by atoms with Crippen LogP contribution in [0.5, 0.6) is 0 Å². The summed E-state index contributed by atoms with van der Waals surface area (Å²) in [5.41, 5.74) is 0.942. The molecule has 2 aromatic rings. The second-order valence-electron chi connectivity index (χ2n) is 4.26. The summed E-state index contributed by atoms with van der Waals surface area (Å²) in [6.07, 6.45) is 0. The third-order valence-corrected chi connectivity index (χ3v) is 2.64. The first-order chi connectivity index (χ1) is 10.0. The molecule has 0 aliphatic heterocycles. The molecule has 1 heterocycles. The van der Waals surface area contributed by atoms with Crippen molar-refractivity contribution in [1.29, 1.82) is 0 Å². The molecule has 0 bridgehead atoms. The van der Waals surface area contributed by atoms with Crippen molar-refractivity contribution in [2.24, 2.45) is 0 Å². The van der Waals surface area contributed by atoms with Gasteiger partial charge in [-0.15, -0.1) is 0 Å². The molecule has 0 aliphatic rings. The fraction of sp³-hybridized carbons (Fsp3) is 0.200. The fourth-order valence-corrected chi connectivity index (χ4v) is 1.76. The lowest BCUT2D eigenvalue weighted by Gasteiger charge is -2.04. The molecule has 1 amide bonds. The van der Waals surface area contributed by atoms with Gasteiger partial charge in [0, 0.05) is 12.6 Å². The molecule has 0 unspecified atom stereocenters. The summed E-state index contributed by atoms with van der Waals surface area (Å²) in [7, 11) is 0. The molecule has 0 saturated heterocycles. The minimum atomic E-state index is -0.527. The first-order valence-electron chi connectivity index (χ1n) is 6.16. The van der Waals surface area contributed by atoms with Gasteiger partial charge in [0.1, 0.15) is 12.4 Å². The topological polar surface area (TPSA) is 75.4 Å². The number of amides is 1. The molecular weight excluding hydrogens is 275 g/mol. The number of nitrogens with one attached hydrogen (secondary N) is 1. The SMILES string of the molecule is Cc1nc(C)c(C(=O)Nc2ccc(F)c(C#CCO)c2)o1. The van der Waals surface area contributed by atoms with E-state index in [-0.39, 0.29) is 17.9 Å². The number of rotatable bonds is 2. The average molecular weight is 288 g/mol. The maximum absolute atomic E-state index is 13.5. The van der Waals surface area contributed by atoms with E-state index >= 15 is 0 Å². The largest absolute Gasteiger partial charge is 0.436 e. The van der Waals surface area contributed by atoms with Gasteiger partial charge < -0.3 is 14.8 Å². The van der Waals surface area contributed by atoms with Crippen molar-refractivity contribution in [3.63, 3.8) is 0 Å². The lowest BCUT2D eigenvalue weighted by molar-refractivity contribution is 0.0994. The van der Waals surface area contributed by atoms with Crippen molar-refractivity contribution in [1.82, 2.24) is 4.98 Å². The smallest absolute Gasteiger partial charge is 0.293 e. The van der Waals surface area contributed by atoms with Crippen LogP contribution in [0.3, 0.4) is 0 Å². The summed E-state index contributed by atoms with van der Waals surface area (Å²) in [6, 6.07) is 3.99. The number of oxazole rings is 1. The number of anilines is 1. The normalized spacial score (nSPS) is 9.90. The van der Waals surface area contributed by atoms with Crippen molar-refractivity contribution in [3.05, 3.63) is 46.9 Å². The Balaban J connectivity index is 2.23. The van der Waals surface area contributed by atoms with Crippen molar-refractivity contribution >= 4 is 11.6 Å². The van der Waals surface area contributed by atoms with E-state index in [0.717, 1.165) is 0 Å². The Morgan fingerprint density at radius 2 is 2.24 bits per heavy atom. The summed E-state index contributed by atoms with van der Waals surface area (Å²) < 4.78 is 18.7. The molecule has 2 N–H and O–H groups in total. The van der Waals surface area contributed by atoms with E-state index < -0.39 is 11.7 Å². The highest BCUT2D eigenvalue weighted by Gasteiger charge is 2.16. The molecule has 0 fully saturated rings. The Morgan fingerprint density at radius 1 is 1.48 bits per heavy atom. The second-order valence-corrected chi connectivity index (χ2v) is 4.26. The number of carbonyl (C=O) groups excluding carboxylic acids is 1.